The Hall–Kier alpha value is -0.990. The minimum atomic E-state index is -0.122. The first-order valence-electron chi connectivity index (χ1n) is 4.92. The van der Waals surface area contributed by atoms with Gasteiger partial charge in [0.25, 0.3) is 0 Å². The van der Waals surface area contributed by atoms with E-state index < -0.39 is 0 Å². The van der Waals surface area contributed by atoms with Crippen LogP contribution >= 0.6 is 0 Å². The molecule has 0 aliphatic heterocycles. The summed E-state index contributed by atoms with van der Waals surface area (Å²) in [6.45, 7) is 4.55. The van der Waals surface area contributed by atoms with Crippen molar-refractivity contribution in [1.82, 2.24) is 0 Å². The number of carbonyl (C=O) groups excluding carboxylic acids is 3. The normalized spacial score (nSPS) is 10.3. The predicted octanol–water partition coefficient (Wildman–Crippen LogP) is 1.93. The lowest BCUT2D eigenvalue weighted by molar-refractivity contribution is -0.122. The molecule has 0 aliphatic rings. The molecule has 0 aromatic heterocycles. The van der Waals surface area contributed by atoms with Crippen LogP contribution in [-0.4, -0.2) is 17.3 Å². The lowest BCUT2D eigenvalue weighted by Gasteiger charge is -2.11. The smallest absolute Gasteiger partial charge is 0.132 e. The summed E-state index contributed by atoms with van der Waals surface area (Å²) >= 11 is 0. The number of hydrogen-bond acceptors (Lipinski definition) is 3. The monoisotopic (exact) mass is 198 g/mol. The second-order valence-electron chi connectivity index (χ2n) is 3.79. The van der Waals surface area contributed by atoms with Gasteiger partial charge in [-0.05, 0) is 33.6 Å². The maximum absolute atomic E-state index is 11.1. The zero-order chi connectivity index (χ0) is 11.1. The van der Waals surface area contributed by atoms with Crippen molar-refractivity contribution < 1.29 is 14.4 Å². The molecule has 0 saturated heterocycles. The summed E-state index contributed by atoms with van der Waals surface area (Å²) in [5, 5.41) is 0. The van der Waals surface area contributed by atoms with E-state index in [0.717, 1.165) is 0 Å². The first kappa shape index (κ1) is 13.0. The molecule has 14 heavy (non-hydrogen) atoms. The standard InChI is InChI=1S/C11H18O3/c1-8(12)4-6-11(10(3)14)7-5-9(2)13/h11H,4-7H2,1-3H3. The summed E-state index contributed by atoms with van der Waals surface area (Å²) in [4.78, 5) is 32.6. The highest BCUT2D eigenvalue weighted by Crippen LogP contribution is 2.15. The van der Waals surface area contributed by atoms with Gasteiger partial charge in [-0.15, -0.1) is 0 Å². The van der Waals surface area contributed by atoms with E-state index in [4.69, 9.17) is 0 Å². The summed E-state index contributed by atoms with van der Waals surface area (Å²) in [5.74, 6) is 0.147. The Bertz CT molecular complexity index is 213. The van der Waals surface area contributed by atoms with E-state index in [9.17, 15) is 14.4 Å². The van der Waals surface area contributed by atoms with E-state index in [1.165, 1.54) is 20.8 Å². The highest BCUT2D eigenvalue weighted by molar-refractivity contribution is 5.81. The highest BCUT2D eigenvalue weighted by Gasteiger charge is 2.15. The lowest BCUT2D eigenvalue weighted by atomic mass is 9.92. The van der Waals surface area contributed by atoms with Gasteiger partial charge in [0, 0.05) is 18.8 Å². The average molecular weight is 198 g/mol. The van der Waals surface area contributed by atoms with E-state index in [-0.39, 0.29) is 23.3 Å². The Balaban J connectivity index is 3.96. The molecule has 0 atom stereocenters. The van der Waals surface area contributed by atoms with Crippen molar-refractivity contribution in [2.24, 2.45) is 5.92 Å². The molecule has 0 bridgehead atoms. The Morgan fingerprint density at radius 1 is 0.857 bits per heavy atom. The quantitative estimate of drug-likeness (QED) is 0.628. The van der Waals surface area contributed by atoms with Crippen LogP contribution in [0, 0.1) is 5.92 Å². The largest absolute Gasteiger partial charge is 0.300 e. The van der Waals surface area contributed by atoms with E-state index in [1.54, 1.807) is 0 Å². The molecular weight excluding hydrogens is 180 g/mol. The van der Waals surface area contributed by atoms with Crippen molar-refractivity contribution in [2.75, 3.05) is 0 Å². The SMILES string of the molecule is CC(=O)CCC(CCC(C)=O)C(C)=O. The predicted molar refractivity (Wildman–Crippen MR) is 54.0 cm³/mol. The summed E-state index contributed by atoms with van der Waals surface area (Å²) in [5.41, 5.74) is 0. The molecule has 0 radical (unpaired) electrons. The molecule has 0 amide bonds. The number of rotatable bonds is 7. The van der Waals surface area contributed by atoms with Crippen LogP contribution in [0.15, 0.2) is 0 Å². The van der Waals surface area contributed by atoms with Crippen LogP contribution < -0.4 is 0 Å². The fourth-order valence-electron chi connectivity index (χ4n) is 1.31. The van der Waals surface area contributed by atoms with Crippen molar-refractivity contribution in [3.8, 4) is 0 Å². The first-order chi connectivity index (χ1) is 6.43. The topological polar surface area (TPSA) is 51.2 Å². The van der Waals surface area contributed by atoms with E-state index in [1.807, 2.05) is 0 Å². The van der Waals surface area contributed by atoms with Gasteiger partial charge < -0.3 is 9.59 Å². The molecule has 3 heteroatoms. The summed E-state index contributed by atoms with van der Waals surface area (Å²) in [6.07, 6.45) is 2.03. The Morgan fingerprint density at radius 2 is 1.21 bits per heavy atom. The lowest BCUT2D eigenvalue weighted by Crippen LogP contribution is -2.13. The minimum Gasteiger partial charge on any atom is -0.300 e. The van der Waals surface area contributed by atoms with Crippen LogP contribution in [0.3, 0.4) is 0 Å². The fourth-order valence-corrected chi connectivity index (χ4v) is 1.31. The minimum absolute atomic E-state index is 0.0764. The molecule has 0 spiro atoms. The molecule has 0 unspecified atom stereocenters. The fraction of sp³-hybridized carbons (Fsp3) is 0.727. The second-order valence-corrected chi connectivity index (χ2v) is 3.79. The number of carbonyl (C=O) groups is 3. The molecule has 0 aromatic rings. The Kier molecular flexibility index (Phi) is 6.00. The molecule has 3 nitrogen and oxygen atoms in total. The maximum atomic E-state index is 11.1. The maximum Gasteiger partial charge on any atom is 0.132 e. The van der Waals surface area contributed by atoms with Gasteiger partial charge in [-0.2, -0.15) is 0 Å². The number of ketones is 3. The Morgan fingerprint density at radius 3 is 1.43 bits per heavy atom. The van der Waals surface area contributed by atoms with Crippen molar-refractivity contribution in [3.05, 3.63) is 0 Å². The molecule has 0 saturated carbocycles. The van der Waals surface area contributed by atoms with Gasteiger partial charge in [0.2, 0.25) is 0 Å². The summed E-state index contributed by atoms with van der Waals surface area (Å²) < 4.78 is 0. The third kappa shape index (κ3) is 6.52. The number of hydrogen-bond donors (Lipinski definition) is 0. The molecule has 0 N–H and O–H groups in total. The van der Waals surface area contributed by atoms with Crippen molar-refractivity contribution in [1.29, 1.82) is 0 Å². The van der Waals surface area contributed by atoms with Crippen LogP contribution in [-0.2, 0) is 14.4 Å². The second kappa shape index (κ2) is 6.46. The molecular formula is C11H18O3. The van der Waals surface area contributed by atoms with E-state index >= 15 is 0 Å². The van der Waals surface area contributed by atoms with Crippen molar-refractivity contribution >= 4 is 17.3 Å². The van der Waals surface area contributed by atoms with Crippen molar-refractivity contribution in [2.45, 2.75) is 46.5 Å². The number of Topliss-reactive ketones (excluding diaryl/α,β-unsaturated/α-hetero) is 3. The molecule has 0 rings (SSSR count). The molecule has 0 heterocycles. The molecule has 0 aliphatic carbocycles. The third-order valence-electron chi connectivity index (χ3n) is 2.26. The zero-order valence-corrected chi connectivity index (χ0v) is 9.13. The highest BCUT2D eigenvalue weighted by atomic mass is 16.1. The first-order valence-corrected chi connectivity index (χ1v) is 4.92. The average Bonchev–Trinajstić information content (AvgIpc) is 2.02. The van der Waals surface area contributed by atoms with Crippen LogP contribution in [0.4, 0.5) is 0 Å². The molecule has 80 valence electrons. The van der Waals surface area contributed by atoms with Gasteiger partial charge >= 0.3 is 0 Å². The van der Waals surface area contributed by atoms with E-state index in [0.29, 0.717) is 25.7 Å². The third-order valence-corrected chi connectivity index (χ3v) is 2.26. The van der Waals surface area contributed by atoms with Crippen LogP contribution in [0.2, 0.25) is 0 Å². The van der Waals surface area contributed by atoms with Gasteiger partial charge in [-0.1, -0.05) is 0 Å². The van der Waals surface area contributed by atoms with Crippen LogP contribution in [0.5, 0.6) is 0 Å². The molecule has 0 fully saturated rings. The van der Waals surface area contributed by atoms with Gasteiger partial charge in [-0.25, -0.2) is 0 Å². The van der Waals surface area contributed by atoms with Crippen LogP contribution in [0.25, 0.3) is 0 Å². The van der Waals surface area contributed by atoms with Gasteiger partial charge in [-0.3, -0.25) is 4.79 Å². The van der Waals surface area contributed by atoms with Gasteiger partial charge in [0.15, 0.2) is 0 Å². The summed E-state index contributed by atoms with van der Waals surface area (Å²) in [7, 11) is 0. The summed E-state index contributed by atoms with van der Waals surface area (Å²) in [6, 6.07) is 0. The molecule has 0 aromatic carbocycles. The Labute approximate surface area is 84.9 Å². The zero-order valence-electron chi connectivity index (χ0n) is 9.13. The van der Waals surface area contributed by atoms with Crippen molar-refractivity contribution in [3.63, 3.8) is 0 Å². The van der Waals surface area contributed by atoms with Crippen LogP contribution in [0.1, 0.15) is 46.5 Å². The van der Waals surface area contributed by atoms with E-state index in [2.05, 4.69) is 0 Å². The van der Waals surface area contributed by atoms with Gasteiger partial charge in [0.1, 0.15) is 17.3 Å². The van der Waals surface area contributed by atoms with Gasteiger partial charge in [0.05, 0.1) is 0 Å².